The molecule has 0 aliphatic carbocycles. The number of aromatic nitrogens is 3. The molecule has 3 heterocycles. The number of methoxy groups -OCH3 is 1. The van der Waals surface area contributed by atoms with Crippen molar-refractivity contribution in [1.29, 1.82) is 0 Å². The number of unbranched alkanes of at least 4 members (excludes halogenated alkanes) is 2. The molecule has 11 nitrogen and oxygen atoms in total. The topological polar surface area (TPSA) is 137 Å². The predicted molar refractivity (Wildman–Crippen MR) is 152 cm³/mol. The van der Waals surface area contributed by atoms with E-state index in [1.54, 1.807) is 20.8 Å². The quantitative estimate of drug-likeness (QED) is 0.292. The minimum Gasteiger partial charge on any atom is -0.480 e. The van der Waals surface area contributed by atoms with E-state index in [1.807, 2.05) is 37.3 Å². The van der Waals surface area contributed by atoms with Gasteiger partial charge in [-0.2, -0.15) is 0 Å². The van der Waals surface area contributed by atoms with E-state index < -0.39 is 17.7 Å². The molecule has 1 aliphatic rings. The highest BCUT2D eigenvalue weighted by Crippen LogP contribution is 2.32. The Kier molecular flexibility index (Phi) is 9.57. The van der Waals surface area contributed by atoms with E-state index in [1.165, 1.54) is 12.0 Å². The lowest BCUT2D eigenvalue weighted by Crippen LogP contribution is -2.57. The summed E-state index contributed by atoms with van der Waals surface area (Å²) in [6.45, 7) is 7.84. The Morgan fingerprint density at radius 2 is 1.88 bits per heavy atom. The molecule has 2 aromatic heterocycles. The highest BCUT2D eigenvalue weighted by molar-refractivity contribution is 5.85. The Balaban J connectivity index is 1.47. The molecule has 4 rings (SSSR count). The molecule has 1 atom stereocenters. The van der Waals surface area contributed by atoms with Gasteiger partial charge in [0.05, 0.1) is 18.5 Å². The third kappa shape index (κ3) is 7.80. The number of hydrogen-bond acceptors (Lipinski definition) is 9. The molecule has 1 N–H and O–H groups in total. The van der Waals surface area contributed by atoms with E-state index in [0.717, 1.165) is 30.2 Å². The number of carbonyl (C=O) groups excluding carboxylic acids is 3. The number of hydrogen-bond donors (Lipinski definition) is 1. The number of Topliss-reactive ketones (excluding diaryl/α,β-unsaturated/α-hetero) is 1. The van der Waals surface area contributed by atoms with Gasteiger partial charge >= 0.3 is 6.09 Å². The van der Waals surface area contributed by atoms with Crippen molar-refractivity contribution in [1.82, 2.24) is 25.4 Å². The van der Waals surface area contributed by atoms with E-state index in [2.05, 4.69) is 20.5 Å². The summed E-state index contributed by atoms with van der Waals surface area (Å²) >= 11 is 0. The fraction of sp³-hybridized carbons (Fsp3) is 0.533. The number of rotatable bonds is 12. The number of ketones is 1. The molecule has 0 spiro atoms. The second-order valence-corrected chi connectivity index (χ2v) is 11.3. The summed E-state index contributed by atoms with van der Waals surface area (Å²) < 4.78 is 17.0. The lowest BCUT2D eigenvalue weighted by Gasteiger charge is -2.39. The molecule has 1 saturated heterocycles. The van der Waals surface area contributed by atoms with Gasteiger partial charge in [-0.1, -0.05) is 38.0 Å². The van der Waals surface area contributed by atoms with Crippen LogP contribution in [0.1, 0.15) is 78.2 Å². The Bertz CT molecular complexity index is 1380. The van der Waals surface area contributed by atoms with Crippen molar-refractivity contribution in [3.63, 3.8) is 0 Å². The van der Waals surface area contributed by atoms with Crippen LogP contribution >= 0.6 is 0 Å². The first-order chi connectivity index (χ1) is 19.6. The third-order valence-corrected chi connectivity index (χ3v) is 6.91. The van der Waals surface area contributed by atoms with Gasteiger partial charge in [0, 0.05) is 31.3 Å². The number of likely N-dealkylation sites (tertiary alicyclic amines) is 1. The van der Waals surface area contributed by atoms with E-state index >= 15 is 0 Å². The summed E-state index contributed by atoms with van der Waals surface area (Å²) in [4.78, 5) is 43.2. The standard InChI is InChI=1S/C30H39N5O6/c1-6-21(36)13-8-7-9-15-24(31-25(37)20-17-35(18-20)29(38)41-30(2,3)4)28-34-33-27(40-28)22-16-19-12-10-11-14-23(19)32-26(22)39-5/h10-12,14,16,20,24H,6-9,13,15,17-18H2,1-5H3,(H,31,37)/t24-/m0/s1. The number of nitrogens with one attached hydrogen (secondary N) is 1. The lowest BCUT2D eigenvalue weighted by molar-refractivity contribution is -0.130. The molecule has 41 heavy (non-hydrogen) atoms. The predicted octanol–water partition coefficient (Wildman–Crippen LogP) is 5.25. The molecule has 1 aliphatic heterocycles. The van der Waals surface area contributed by atoms with Crippen LogP contribution in [0.3, 0.4) is 0 Å². The summed E-state index contributed by atoms with van der Waals surface area (Å²) in [6.07, 6.45) is 3.60. The third-order valence-electron chi connectivity index (χ3n) is 6.91. The Morgan fingerprint density at radius 1 is 1.12 bits per heavy atom. The minimum atomic E-state index is -0.601. The van der Waals surface area contributed by atoms with Crippen LogP contribution in [0.5, 0.6) is 5.88 Å². The molecule has 3 aromatic rings. The number of benzene rings is 1. The number of pyridine rings is 1. The van der Waals surface area contributed by atoms with Crippen LogP contribution in [0.15, 0.2) is 34.7 Å². The Morgan fingerprint density at radius 3 is 2.59 bits per heavy atom. The molecule has 1 aromatic carbocycles. The highest BCUT2D eigenvalue weighted by Gasteiger charge is 2.39. The minimum absolute atomic E-state index is 0.194. The van der Waals surface area contributed by atoms with Gasteiger partial charge in [0.2, 0.25) is 17.7 Å². The van der Waals surface area contributed by atoms with Crippen LogP contribution in [0.25, 0.3) is 22.4 Å². The average Bonchev–Trinajstić information content (AvgIpc) is 3.39. The molecule has 0 radical (unpaired) electrons. The van der Waals surface area contributed by atoms with Gasteiger partial charge in [0.25, 0.3) is 5.89 Å². The van der Waals surface area contributed by atoms with E-state index in [-0.39, 0.29) is 42.5 Å². The lowest BCUT2D eigenvalue weighted by atomic mass is 9.98. The van der Waals surface area contributed by atoms with Crippen LogP contribution in [-0.2, 0) is 14.3 Å². The maximum absolute atomic E-state index is 13.1. The summed E-state index contributed by atoms with van der Waals surface area (Å²) in [5, 5.41) is 12.5. The number of carbonyl (C=O) groups is 3. The summed E-state index contributed by atoms with van der Waals surface area (Å²) in [5.74, 6) is 0.560. The zero-order valence-corrected chi connectivity index (χ0v) is 24.4. The fourth-order valence-corrected chi connectivity index (χ4v) is 4.58. The van der Waals surface area contributed by atoms with Gasteiger partial charge in [-0.3, -0.25) is 9.59 Å². The van der Waals surface area contributed by atoms with Crippen molar-refractivity contribution in [3.05, 3.63) is 36.2 Å². The van der Waals surface area contributed by atoms with Gasteiger partial charge in [-0.05, 0) is 45.7 Å². The maximum Gasteiger partial charge on any atom is 0.410 e. The van der Waals surface area contributed by atoms with Gasteiger partial charge in [-0.25, -0.2) is 9.78 Å². The van der Waals surface area contributed by atoms with Crippen molar-refractivity contribution < 1.29 is 28.3 Å². The molecule has 220 valence electrons. The number of fused-ring (bicyclic) bond motifs is 1. The monoisotopic (exact) mass is 565 g/mol. The normalized spacial score (nSPS) is 14.4. The van der Waals surface area contributed by atoms with Crippen molar-refractivity contribution in [3.8, 4) is 17.3 Å². The molecule has 2 amide bonds. The summed E-state index contributed by atoms with van der Waals surface area (Å²) in [7, 11) is 1.53. The van der Waals surface area contributed by atoms with Crippen molar-refractivity contribution in [2.75, 3.05) is 20.2 Å². The van der Waals surface area contributed by atoms with Crippen LogP contribution in [0, 0.1) is 5.92 Å². The number of ether oxygens (including phenoxy) is 2. The molecular formula is C30H39N5O6. The largest absolute Gasteiger partial charge is 0.480 e. The number of amides is 2. The van der Waals surface area contributed by atoms with Gasteiger partial charge in [0.1, 0.15) is 23.0 Å². The fourth-order valence-electron chi connectivity index (χ4n) is 4.58. The maximum atomic E-state index is 13.1. The highest BCUT2D eigenvalue weighted by atomic mass is 16.6. The van der Waals surface area contributed by atoms with Crippen LogP contribution < -0.4 is 10.1 Å². The first-order valence-corrected chi connectivity index (χ1v) is 14.2. The summed E-state index contributed by atoms with van der Waals surface area (Å²) in [6, 6.07) is 9.01. The summed E-state index contributed by atoms with van der Waals surface area (Å²) in [5.41, 5.74) is 0.733. The van der Waals surface area contributed by atoms with Crippen molar-refractivity contribution in [2.45, 2.75) is 77.9 Å². The van der Waals surface area contributed by atoms with Gasteiger partial charge < -0.3 is 24.1 Å². The molecule has 0 bridgehead atoms. The second-order valence-electron chi connectivity index (χ2n) is 11.3. The molecule has 1 fully saturated rings. The zero-order chi connectivity index (χ0) is 29.6. The van der Waals surface area contributed by atoms with Crippen molar-refractivity contribution >= 4 is 28.7 Å². The van der Waals surface area contributed by atoms with Gasteiger partial charge in [-0.15, -0.1) is 10.2 Å². The smallest absolute Gasteiger partial charge is 0.410 e. The molecular weight excluding hydrogens is 526 g/mol. The van der Waals surface area contributed by atoms with Crippen LogP contribution in [-0.4, -0.2) is 63.7 Å². The van der Waals surface area contributed by atoms with Crippen molar-refractivity contribution in [2.24, 2.45) is 5.92 Å². The number of nitrogens with zero attached hydrogens (tertiary/aromatic N) is 4. The van der Waals surface area contributed by atoms with E-state index in [0.29, 0.717) is 30.7 Å². The van der Waals surface area contributed by atoms with Crippen LogP contribution in [0.2, 0.25) is 0 Å². The van der Waals surface area contributed by atoms with E-state index in [4.69, 9.17) is 13.9 Å². The molecule has 0 saturated carbocycles. The molecule has 11 heteroatoms. The van der Waals surface area contributed by atoms with Crippen LogP contribution in [0.4, 0.5) is 4.79 Å². The first-order valence-electron chi connectivity index (χ1n) is 14.2. The number of para-hydroxylation sites is 1. The average molecular weight is 566 g/mol. The molecule has 0 unspecified atom stereocenters. The van der Waals surface area contributed by atoms with E-state index in [9.17, 15) is 14.4 Å². The Labute approximate surface area is 240 Å². The zero-order valence-electron chi connectivity index (χ0n) is 24.4. The van der Waals surface area contributed by atoms with Gasteiger partial charge in [0.15, 0.2) is 0 Å². The first kappa shape index (κ1) is 30.0. The Hall–Kier alpha value is -4.02. The SMILES string of the molecule is CCC(=O)CCCCC[C@H](NC(=O)C1CN(C(=O)OC(C)(C)C)C1)c1nnc(-c2cc3ccccc3nc2OC)o1. The second kappa shape index (κ2) is 13.1.